The average Bonchev–Trinajstić information content (AvgIpc) is 2.59. The molecule has 0 saturated carbocycles. The minimum Gasteiger partial charge on any atom is -0.462 e. The Hall–Kier alpha value is -1.30. The highest BCUT2D eigenvalue weighted by Crippen LogP contribution is 2.10. The molecule has 0 bridgehead atoms. The smallest absolute Gasteiger partial charge is 0.348 e. The number of nitrogens with zero attached hydrogens (tertiary/aromatic N) is 1. The van der Waals surface area contributed by atoms with E-state index in [-0.39, 0.29) is 5.57 Å². The topological polar surface area (TPSA) is 50.1 Å². The monoisotopic (exact) mass is 335 g/mol. The molecule has 0 aromatic carbocycles. The number of nitriles is 1. The van der Waals surface area contributed by atoms with Gasteiger partial charge >= 0.3 is 5.97 Å². The van der Waals surface area contributed by atoms with Crippen molar-refractivity contribution in [1.29, 1.82) is 5.26 Å². The van der Waals surface area contributed by atoms with Gasteiger partial charge in [0.1, 0.15) is 11.6 Å². The lowest BCUT2D eigenvalue weighted by Crippen LogP contribution is -2.08. The number of carbonyl (C=O) groups is 1. The zero-order chi connectivity index (χ0) is 17.9. The molecule has 138 valence electrons. The largest absolute Gasteiger partial charge is 0.462 e. The number of rotatable bonds is 16. The zero-order valence-corrected chi connectivity index (χ0v) is 15.9. The maximum Gasteiger partial charge on any atom is 0.348 e. The molecule has 0 aliphatic carbocycles. The summed E-state index contributed by atoms with van der Waals surface area (Å²) in [6.07, 6.45) is 18.2. The molecular weight excluding hydrogens is 298 g/mol. The van der Waals surface area contributed by atoms with Gasteiger partial charge < -0.3 is 4.74 Å². The Morgan fingerprint density at radius 3 is 1.88 bits per heavy atom. The van der Waals surface area contributed by atoms with Crippen LogP contribution in [0.5, 0.6) is 0 Å². The molecule has 0 aliphatic rings. The number of ether oxygens (including phenoxy) is 1. The molecule has 0 N–H and O–H groups in total. The third-order valence-electron chi connectivity index (χ3n) is 4.23. The summed E-state index contributed by atoms with van der Waals surface area (Å²) >= 11 is 0. The van der Waals surface area contributed by atoms with E-state index in [4.69, 9.17) is 10.00 Å². The van der Waals surface area contributed by atoms with Crippen LogP contribution in [-0.2, 0) is 9.53 Å². The predicted octanol–water partition coefficient (Wildman–Crippen LogP) is 6.48. The van der Waals surface area contributed by atoms with Gasteiger partial charge in [-0.25, -0.2) is 4.79 Å². The first-order valence-electron chi connectivity index (χ1n) is 10.0. The fourth-order valence-corrected chi connectivity index (χ4v) is 2.65. The molecule has 3 nitrogen and oxygen atoms in total. The third-order valence-corrected chi connectivity index (χ3v) is 4.23. The van der Waals surface area contributed by atoms with Gasteiger partial charge in [0.2, 0.25) is 0 Å². The van der Waals surface area contributed by atoms with Gasteiger partial charge in [-0.3, -0.25) is 0 Å². The van der Waals surface area contributed by atoms with E-state index in [9.17, 15) is 4.79 Å². The van der Waals surface area contributed by atoms with Crippen molar-refractivity contribution in [2.45, 2.75) is 104 Å². The number of hydrogen-bond donors (Lipinski definition) is 0. The van der Waals surface area contributed by atoms with Crippen LogP contribution >= 0.6 is 0 Å². The van der Waals surface area contributed by atoms with E-state index in [1.54, 1.807) is 6.08 Å². The normalized spacial score (nSPS) is 11.3. The van der Waals surface area contributed by atoms with E-state index in [2.05, 4.69) is 13.8 Å². The number of allylic oxidation sites excluding steroid dienone is 1. The van der Waals surface area contributed by atoms with Gasteiger partial charge in [-0.05, 0) is 19.3 Å². The molecule has 0 fully saturated rings. The van der Waals surface area contributed by atoms with Crippen LogP contribution in [0.2, 0.25) is 0 Å². The summed E-state index contributed by atoms with van der Waals surface area (Å²) in [5.41, 5.74) is 0.173. The molecule has 0 spiro atoms. The number of esters is 1. The second kappa shape index (κ2) is 18.0. The number of unbranched alkanes of at least 4 members (excludes halogenated alkanes) is 12. The molecule has 0 radical (unpaired) electrons. The summed E-state index contributed by atoms with van der Waals surface area (Å²) in [6, 6.07) is 1.98. The summed E-state index contributed by atoms with van der Waals surface area (Å²) in [5.74, 6) is -0.450. The van der Waals surface area contributed by atoms with Gasteiger partial charge in [0, 0.05) is 0 Å². The van der Waals surface area contributed by atoms with Crippen LogP contribution in [0.15, 0.2) is 11.6 Å². The van der Waals surface area contributed by atoms with Crippen molar-refractivity contribution >= 4 is 5.97 Å². The van der Waals surface area contributed by atoms with Crippen molar-refractivity contribution in [1.82, 2.24) is 0 Å². The Labute approximate surface area is 149 Å². The highest BCUT2D eigenvalue weighted by Gasteiger charge is 2.09. The van der Waals surface area contributed by atoms with Crippen LogP contribution in [0.1, 0.15) is 104 Å². The lowest BCUT2D eigenvalue weighted by atomic mass is 10.1. The molecule has 0 rings (SSSR count). The van der Waals surface area contributed by atoms with Crippen LogP contribution in [-0.4, -0.2) is 12.6 Å². The minimum atomic E-state index is -0.450. The molecule has 0 aromatic rings. The van der Waals surface area contributed by atoms with E-state index >= 15 is 0 Å². The maximum absolute atomic E-state index is 11.8. The number of carbonyl (C=O) groups excluding carboxylic acids is 1. The van der Waals surface area contributed by atoms with Gasteiger partial charge in [0.15, 0.2) is 0 Å². The highest BCUT2D eigenvalue weighted by atomic mass is 16.5. The molecule has 0 saturated heterocycles. The SMILES string of the molecule is CCCCCCCCCC=C(C#N)C(=O)OCCCCCCCC. The fraction of sp³-hybridized carbons (Fsp3) is 0.810. The van der Waals surface area contributed by atoms with Crippen molar-refractivity contribution < 1.29 is 9.53 Å². The standard InChI is InChI=1S/C21H37NO2/c1-3-5-7-9-11-12-13-15-17-20(19-22)21(23)24-18-16-14-10-8-6-4-2/h17H,3-16,18H2,1-2H3. The van der Waals surface area contributed by atoms with Gasteiger partial charge in [-0.15, -0.1) is 0 Å². The Morgan fingerprint density at radius 2 is 1.33 bits per heavy atom. The molecule has 0 amide bonds. The zero-order valence-electron chi connectivity index (χ0n) is 15.9. The van der Waals surface area contributed by atoms with E-state index in [1.165, 1.54) is 64.2 Å². The van der Waals surface area contributed by atoms with Gasteiger partial charge in [0.25, 0.3) is 0 Å². The first-order chi connectivity index (χ1) is 11.8. The van der Waals surface area contributed by atoms with E-state index in [1.807, 2.05) is 6.07 Å². The first kappa shape index (κ1) is 22.7. The third kappa shape index (κ3) is 14.3. The Bertz CT molecular complexity index is 369. The Balaban J connectivity index is 3.70. The molecule has 0 aliphatic heterocycles. The highest BCUT2D eigenvalue weighted by molar-refractivity contribution is 5.92. The van der Waals surface area contributed by atoms with E-state index < -0.39 is 5.97 Å². The molecule has 0 aromatic heterocycles. The predicted molar refractivity (Wildman–Crippen MR) is 101 cm³/mol. The van der Waals surface area contributed by atoms with Crippen molar-refractivity contribution in [2.24, 2.45) is 0 Å². The number of hydrogen-bond acceptors (Lipinski definition) is 3. The van der Waals surface area contributed by atoms with Crippen molar-refractivity contribution in [3.63, 3.8) is 0 Å². The summed E-state index contributed by atoms with van der Waals surface area (Å²) in [6.45, 7) is 4.85. The summed E-state index contributed by atoms with van der Waals surface area (Å²) < 4.78 is 5.19. The van der Waals surface area contributed by atoms with Gasteiger partial charge in [0.05, 0.1) is 6.61 Å². The molecule has 0 unspecified atom stereocenters. The van der Waals surface area contributed by atoms with E-state index in [0.717, 1.165) is 25.7 Å². The minimum absolute atomic E-state index is 0.173. The van der Waals surface area contributed by atoms with Crippen LogP contribution in [0, 0.1) is 11.3 Å². The maximum atomic E-state index is 11.8. The lowest BCUT2D eigenvalue weighted by Gasteiger charge is -2.04. The average molecular weight is 336 g/mol. The van der Waals surface area contributed by atoms with Crippen molar-refractivity contribution in [2.75, 3.05) is 6.61 Å². The summed E-state index contributed by atoms with van der Waals surface area (Å²) in [7, 11) is 0. The fourth-order valence-electron chi connectivity index (χ4n) is 2.65. The molecule has 3 heteroatoms. The van der Waals surface area contributed by atoms with Gasteiger partial charge in [-0.1, -0.05) is 90.6 Å². The first-order valence-corrected chi connectivity index (χ1v) is 10.0. The summed E-state index contributed by atoms with van der Waals surface area (Å²) in [5, 5.41) is 9.08. The van der Waals surface area contributed by atoms with Crippen LogP contribution in [0.25, 0.3) is 0 Å². The molecule has 24 heavy (non-hydrogen) atoms. The second-order valence-electron chi connectivity index (χ2n) is 6.54. The quantitative estimate of drug-likeness (QED) is 0.140. The Kier molecular flexibility index (Phi) is 17.1. The van der Waals surface area contributed by atoms with Crippen LogP contribution in [0.3, 0.4) is 0 Å². The lowest BCUT2D eigenvalue weighted by molar-refractivity contribution is -0.138. The Morgan fingerprint density at radius 1 is 0.833 bits per heavy atom. The second-order valence-corrected chi connectivity index (χ2v) is 6.54. The molecular formula is C21H37NO2. The van der Waals surface area contributed by atoms with Crippen molar-refractivity contribution in [3.8, 4) is 6.07 Å². The van der Waals surface area contributed by atoms with Crippen molar-refractivity contribution in [3.05, 3.63) is 11.6 Å². The van der Waals surface area contributed by atoms with Gasteiger partial charge in [-0.2, -0.15) is 5.26 Å². The van der Waals surface area contributed by atoms with Crippen LogP contribution < -0.4 is 0 Å². The summed E-state index contributed by atoms with van der Waals surface area (Å²) in [4.78, 5) is 11.8. The molecule has 0 atom stereocenters. The van der Waals surface area contributed by atoms with E-state index in [0.29, 0.717) is 6.61 Å². The van der Waals surface area contributed by atoms with Crippen LogP contribution in [0.4, 0.5) is 0 Å². The molecule has 0 heterocycles.